The van der Waals surface area contributed by atoms with Gasteiger partial charge in [-0.05, 0) is 49.6 Å². The Kier molecular flexibility index (Phi) is 7.95. The highest BCUT2D eigenvalue weighted by Crippen LogP contribution is 2.40. The van der Waals surface area contributed by atoms with Crippen LogP contribution < -0.4 is 19.5 Å². The molecule has 0 spiro atoms. The van der Waals surface area contributed by atoms with Crippen molar-refractivity contribution >= 4 is 22.4 Å². The number of carbonyl (C=O) groups is 1. The van der Waals surface area contributed by atoms with Crippen LogP contribution in [0.4, 0.5) is 0 Å². The molecule has 0 aliphatic carbocycles. The van der Waals surface area contributed by atoms with Crippen molar-refractivity contribution < 1.29 is 23.4 Å². The van der Waals surface area contributed by atoms with Crippen LogP contribution in [-0.4, -0.2) is 33.3 Å². The predicted octanol–water partition coefficient (Wildman–Crippen LogP) is 6.28. The number of rotatable bonds is 10. The highest BCUT2D eigenvalue weighted by molar-refractivity contribution is 6.01. The molecule has 0 bridgehead atoms. The van der Waals surface area contributed by atoms with E-state index in [1.54, 1.807) is 26.6 Å². The lowest BCUT2D eigenvalue weighted by molar-refractivity contribution is -0.116. The Morgan fingerprint density at radius 2 is 1.67 bits per heavy atom. The molecule has 1 N–H and O–H groups in total. The lowest BCUT2D eigenvalue weighted by atomic mass is 9.98. The van der Waals surface area contributed by atoms with E-state index in [0.29, 0.717) is 30.9 Å². The van der Waals surface area contributed by atoms with Gasteiger partial charge in [-0.25, -0.2) is 0 Å². The van der Waals surface area contributed by atoms with Crippen LogP contribution >= 0.6 is 0 Å². The molecule has 4 rings (SSSR count). The molecule has 1 aromatic heterocycles. The number of furan rings is 1. The second-order valence-corrected chi connectivity index (χ2v) is 8.31. The number of ether oxygens (including phenoxy) is 3. The first-order valence-electron chi connectivity index (χ1n) is 12.0. The minimum atomic E-state index is -0.165. The van der Waals surface area contributed by atoms with Crippen molar-refractivity contribution in [2.24, 2.45) is 0 Å². The van der Waals surface area contributed by atoms with Crippen molar-refractivity contribution in [2.75, 3.05) is 27.4 Å². The molecule has 6 nitrogen and oxygen atoms in total. The minimum Gasteiger partial charge on any atom is -0.496 e. The van der Waals surface area contributed by atoms with Crippen molar-refractivity contribution in [3.05, 3.63) is 84.1 Å². The lowest BCUT2D eigenvalue weighted by Crippen LogP contribution is -2.24. The van der Waals surface area contributed by atoms with E-state index in [4.69, 9.17) is 18.6 Å². The van der Waals surface area contributed by atoms with E-state index >= 15 is 0 Å². The zero-order valence-electron chi connectivity index (χ0n) is 21.1. The van der Waals surface area contributed by atoms with Crippen LogP contribution in [0.3, 0.4) is 0 Å². The Bertz CT molecular complexity index is 1390. The van der Waals surface area contributed by atoms with Crippen LogP contribution in [-0.2, 0) is 11.2 Å². The Labute approximate surface area is 211 Å². The van der Waals surface area contributed by atoms with E-state index in [1.165, 1.54) is 0 Å². The van der Waals surface area contributed by atoms with Crippen molar-refractivity contribution in [2.45, 2.75) is 20.3 Å². The summed E-state index contributed by atoms with van der Waals surface area (Å²) in [6, 6.07) is 19.5. The third-order valence-electron chi connectivity index (χ3n) is 6.03. The van der Waals surface area contributed by atoms with Gasteiger partial charge in [-0.1, -0.05) is 36.4 Å². The van der Waals surface area contributed by atoms with Gasteiger partial charge in [0.15, 0.2) is 0 Å². The molecule has 3 aromatic carbocycles. The molecule has 0 aliphatic rings. The molecule has 6 heteroatoms. The number of allylic oxidation sites excluding steroid dienone is 1. The smallest absolute Gasteiger partial charge is 0.244 e. The first kappa shape index (κ1) is 24.9. The van der Waals surface area contributed by atoms with Crippen molar-refractivity contribution in [1.82, 2.24) is 5.32 Å². The third-order valence-corrected chi connectivity index (χ3v) is 6.03. The second-order valence-electron chi connectivity index (χ2n) is 8.31. The van der Waals surface area contributed by atoms with Gasteiger partial charge in [0.2, 0.25) is 5.91 Å². The number of nitrogens with one attached hydrogen (secondary N) is 1. The zero-order chi connectivity index (χ0) is 25.5. The van der Waals surface area contributed by atoms with E-state index < -0.39 is 0 Å². The fourth-order valence-electron chi connectivity index (χ4n) is 4.27. The summed E-state index contributed by atoms with van der Waals surface area (Å²) in [6.07, 6.45) is 4.01. The van der Waals surface area contributed by atoms with Gasteiger partial charge in [-0.15, -0.1) is 0 Å². The number of methoxy groups -OCH3 is 2. The fourth-order valence-corrected chi connectivity index (χ4v) is 4.27. The van der Waals surface area contributed by atoms with Crippen LogP contribution in [0.25, 0.3) is 27.7 Å². The largest absolute Gasteiger partial charge is 0.496 e. The molecule has 0 fully saturated rings. The minimum absolute atomic E-state index is 0.165. The maximum Gasteiger partial charge on any atom is 0.244 e. The van der Waals surface area contributed by atoms with Gasteiger partial charge < -0.3 is 23.9 Å². The van der Waals surface area contributed by atoms with Gasteiger partial charge in [0.05, 0.1) is 27.1 Å². The van der Waals surface area contributed by atoms with Gasteiger partial charge in [0.1, 0.15) is 22.8 Å². The molecule has 0 saturated heterocycles. The SMILES string of the molecule is CCOc1cc2occ(-c3ccccc3OC)c2cc1/C(C)=C/C(=O)NCCc1ccccc1OC. The number of amides is 1. The highest BCUT2D eigenvalue weighted by atomic mass is 16.5. The van der Waals surface area contributed by atoms with Crippen LogP contribution in [0.15, 0.2) is 77.4 Å². The van der Waals surface area contributed by atoms with E-state index in [2.05, 4.69) is 5.32 Å². The number of hydrogen-bond donors (Lipinski definition) is 1. The van der Waals surface area contributed by atoms with Gasteiger partial charge in [0, 0.05) is 40.8 Å². The van der Waals surface area contributed by atoms with E-state index in [1.807, 2.05) is 74.5 Å². The predicted molar refractivity (Wildman–Crippen MR) is 143 cm³/mol. The molecule has 1 heterocycles. The molecule has 0 unspecified atom stereocenters. The summed E-state index contributed by atoms with van der Waals surface area (Å²) < 4.78 is 22.7. The van der Waals surface area contributed by atoms with E-state index in [-0.39, 0.29) is 5.91 Å². The Balaban J connectivity index is 1.60. The molecule has 186 valence electrons. The molecule has 0 atom stereocenters. The van der Waals surface area contributed by atoms with Crippen LogP contribution in [0.5, 0.6) is 17.2 Å². The summed E-state index contributed by atoms with van der Waals surface area (Å²) in [5.74, 6) is 2.08. The molecule has 1 amide bonds. The maximum absolute atomic E-state index is 12.7. The van der Waals surface area contributed by atoms with Gasteiger partial charge in [-0.2, -0.15) is 0 Å². The fraction of sp³-hybridized carbons (Fsp3) is 0.233. The summed E-state index contributed by atoms with van der Waals surface area (Å²) in [7, 11) is 3.30. The van der Waals surface area contributed by atoms with Crippen LogP contribution in [0, 0.1) is 0 Å². The summed E-state index contributed by atoms with van der Waals surface area (Å²) >= 11 is 0. The highest BCUT2D eigenvalue weighted by Gasteiger charge is 2.17. The Morgan fingerprint density at radius 3 is 2.42 bits per heavy atom. The van der Waals surface area contributed by atoms with E-state index in [9.17, 15) is 4.79 Å². The van der Waals surface area contributed by atoms with Gasteiger partial charge in [0.25, 0.3) is 0 Å². The number of fused-ring (bicyclic) bond motifs is 1. The number of hydrogen-bond acceptors (Lipinski definition) is 5. The average molecular weight is 486 g/mol. The quantitative estimate of drug-likeness (QED) is 0.268. The standard InChI is InChI=1S/C30H31NO5/c1-5-35-28-18-29-24(25(19-36-29)22-11-7-9-13-27(22)34-4)17-23(28)20(2)16-30(32)31-15-14-21-10-6-8-12-26(21)33-3/h6-13,16-19H,5,14-15H2,1-4H3,(H,31,32)/b20-16+. The summed E-state index contributed by atoms with van der Waals surface area (Å²) in [5.41, 5.74) is 5.24. The normalized spacial score (nSPS) is 11.4. The van der Waals surface area contributed by atoms with Gasteiger partial charge >= 0.3 is 0 Å². The summed E-state index contributed by atoms with van der Waals surface area (Å²) in [4.78, 5) is 12.7. The molecule has 4 aromatic rings. The zero-order valence-corrected chi connectivity index (χ0v) is 21.1. The van der Waals surface area contributed by atoms with E-state index in [0.717, 1.165) is 44.7 Å². The number of para-hydroxylation sites is 2. The van der Waals surface area contributed by atoms with Crippen LogP contribution in [0.2, 0.25) is 0 Å². The van der Waals surface area contributed by atoms with Crippen LogP contribution in [0.1, 0.15) is 25.0 Å². The topological polar surface area (TPSA) is 69.9 Å². The van der Waals surface area contributed by atoms with Crippen molar-refractivity contribution in [3.63, 3.8) is 0 Å². The third kappa shape index (κ3) is 5.38. The number of carbonyl (C=O) groups excluding carboxylic acids is 1. The molecule has 0 saturated carbocycles. The monoisotopic (exact) mass is 485 g/mol. The molecule has 36 heavy (non-hydrogen) atoms. The first-order valence-corrected chi connectivity index (χ1v) is 12.0. The molecule has 0 radical (unpaired) electrons. The molecular weight excluding hydrogens is 454 g/mol. The number of benzene rings is 3. The Hall–Kier alpha value is -4.19. The molecule has 0 aliphatic heterocycles. The van der Waals surface area contributed by atoms with Crippen molar-refractivity contribution in [3.8, 4) is 28.4 Å². The second kappa shape index (κ2) is 11.5. The molecular formula is C30H31NO5. The van der Waals surface area contributed by atoms with Gasteiger partial charge in [-0.3, -0.25) is 4.79 Å². The maximum atomic E-state index is 12.7. The summed E-state index contributed by atoms with van der Waals surface area (Å²) in [5, 5.41) is 3.89. The first-order chi connectivity index (χ1) is 17.5. The van der Waals surface area contributed by atoms with Crippen molar-refractivity contribution in [1.29, 1.82) is 0 Å². The summed E-state index contributed by atoms with van der Waals surface area (Å²) in [6.45, 7) is 4.84. The Morgan fingerprint density at radius 1 is 0.944 bits per heavy atom. The average Bonchev–Trinajstić information content (AvgIpc) is 3.31. The lowest BCUT2D eigenvalue weighted by Gasteiger charge is -2.12.